The standard InChI is InChI=1S/C13H9BrCl2N2O/c14-7-1-3-9(11(16)5-7)13(19)18-12-6-8(17)2-4-10(12)15/h1-6H,17H2,(H,18,19). The number of halogens is 3. The molecule has 2 aromatic carbocycles. The largest absolute Gasteiger partial charge is 0.399 e. The zero-order chi connectivity index (χ0) is 14.0. The minimum absolute atomic E-state index is 0.343. The number of anilines is 2. The summed E-state index contributed by atoms with van der Waals surface area (Å²) in [5.41, 5.74) is 6.98. The summed E-state index contributed by atoms with van der Waals surface area (Å²) in [6.07, 6.45) is 0. The summed E-state index contributed by atoms with van der Waals surface area (Å²) in [4.78, 5) is 12.1. The van der Waals surface area contributed by atoms with Gasteiger partial charge < -0.3 is 11.1 Å². The maximum Gasteiger partial charge on any atom is 0.257 e. The molecule has 0 fully saturated rings. The summed E-state index contributed by atoms with van der Waals surface area (Å²) in [6.45, 7) is 0. The van der Waals surface area contributed by atoms with E-state index in [4.69, 9.17) is 28.9 Å². The van der Waals surface area contributed by atoms with Gasteiger partial charge in [-0.15, -0.1) is 0 Å². The van der Waals surface area contributed by atoms with E-state index < -0.39 is 0 Å². The molecule has 2 rings (SSSR count). The second-order valence-corrected chi connectivity index (χ2v) is 5.55. The fourth-order valence-electron chi connectivity index (χ4n) is 1.50. The van der Waals surface area contributed by atoms with Gasteiger partial charge in [-0.25, -0.2) is 0 Å². The summed E-state index contributed by atoms with van der Waals surface area (Å²) < 4.78 is 0.802. The molecule has 3 N–H and O–H groups in total. The molecule has 0 radical (unpaired) electrons. The van der Waals surface area contributed by atoms with Gasteiger partial charge in [-0.3, -0.25) is 4.79 Å². The second kappa shape index (κ2) is 5.82. The van der Waals surface area contributed by atoms with Gasteiger partial charge in [0.25, 0.3) is 5.91 Å². The lowest BCUT2D eigenvalue weighted by Crippen LogP contribution is -2.13. The first-order valence-electron chi connectivity index (χ1n) is 5.29. The average molecular weight is 360 g/mol. The van der Waals surface area contributed by atoms with Crippen LogP contribution < -0.4 is 11.1 Å². The number of hydrogen-bond acceptors (Lipinski definition) is 2. The molecule has 3 nitrogen and oxygen atoms in total. The predicted molar refractivity (Wildman–Crippen MR) is 83.0 cm³/mol. The van der Waals surface area contributed by atoms with Crippen LogP contribution in [0.4, 0.5) is 11.4 Å². The Labute approximate surface area is 128 Å². The Morgan fingerprint density at radius 2 is 1.84 bits per heavy atom. The first-order valence-corrected chi connectivity index (χ1v) is 6.83. The van der Waals surface area contributed by atoms with E-state index in [9.17, 15) is 4.79 Å². The number of carbonyl (C=O) groups excluding carboxylic acids is 1. The summed E-state index contributed by atoms with van der Waals surface area (Å²) in [5, 5.41) is 3.44. The summed E-state index contributed by atoms with van der Waals surface area (Å²) in [5.74, 6) is -0.343. The third-order valence-electron chi connectivity index (χ3n) is 2.41. The van der Waals surface area contributed by atoms with Crippen LogP contribution in [-0.2, 0) is 0 Å². The van der Waals surface area contributed by atoms with Crippen LogP contribution in [0.5, 0.6) is 0 Å². The van der Waals surface area contributed by atoms with Crippen molar-refractivity contribution >= 4 is 56.4 Å². The maximum atomic E-state index is 12.1. The summed E-state index contributed by atoms with van der Waals surface area (Å²) in [6, 6.07) is 9.88. The Balaban J connectivity index is 2.28. The fourth-order valence-corrected chi connectivity index (χ4v) is 2.43. The van der Waals surface area contributed by atoms with E-state index in [0.29, 0.717) is 27.0 Å². The second-order valence-electron chi connectivity index (χ2n) is 3.82. The molecule has 19 heavy (non-hydrogen) atoms. The molecular formula is C13H9BrCl2N2O. The minimum atomic E-state index is -0.343. The molecule has 6 heteroatoms. The van der Waals surface area contributed by atoms with Crippen LogP contribution in [0.1, 0.15) is 10.4 Å². The molecule has 98 valence electrons. The molecule has 2 aromatic rings. The van der Waals surface area contributed by atoms with Crippen molar-refractivity contribution in [2.75, 3.05) is 11.1 Å². The number of nitrogens with one attached hydrogen (secondary N) is 1. The van der Waals surface area contributed by atoms with Gasteiger partial charge in [0.1, 0.15) is 0 Å². The van der Waals surface area contributed by atoms with Crippen LogP contribution in [0.2, 0.25) is 10.0 Å². The van der Waals surface area contributed by atoms with Crippen LogP contribution in [0.15, 0.2) is 40.9 Å². The molecule has 0 unspecified atom stereocenters. The van der Waals surface area contributed by atoms with Crippen LogP contribution in [0.3, 0.4) is 0 Å². The van der Waals surface area contributed by atoms with Gasteiger partial charge in [0, 0.05) is 10.2 Å². The third-order valence-corrected chi connectivity index (χ3v) is 3.55. The van der Waals surface area contributed by atoms with Gasteiger partial charge in [-0.1, -0.05) is 39.1 Å². The molecule has 0 saturated carbocycles. The number of benzene rings is 2. The Morgan fingerprint density at radius 3 is 2.53 bits per heavy atom. The van der Waals surface area contributed by atoms with Crippen LogP contribution >= 0.6 is 39.1 Å². The maximum absolute atomic E-state index is 12.1. The quantitative estimate of drug-likeness (QED) is 0.770. The Bertz CT molecular complexity index is 647. The Kier molecular flexibility index (Phi) is 4.34. The Morgan fingerprint density at radius 1 is 1.11 bits per heavy atom. The fraction of sp³-hybridized carbons (Fsp3) is 0. The van der Waals surface area contributed by atoms with Gasteiger partial charge in [0.15, 0.2) is 0 Å². The molecule has 0 spiro atoms. The smallest absolute Gasteiger partial charge is 0.257 e. The highest BCUT2D eigenvalue weighted by atomic mass is 79.9. The van der Waals surface area contributed by atoms with Gasteiger partial charge >= 0.3 is 0 Å². The Hall–Kier alpha value is -1.23. The predicted octanol–water partition coefficient (Wildman–Crippen LogP) is 4.59. The van der Waals surface area contributed by atoms with Gasteiger partial charge in [-0.05, 0) is 36.4 Å². The third kappa shape index (κ3) is 3.41. The van der Waals surface area contributed by atoms with Gasteiger partial charge in [0.2, 0.25) is 0 Å². The van der Waals surface area contributed by atoms with Crippen molar-refractivity contribution in [2.24, 2.45) is 0 Å². The minimum Gasteiger partial charge on any atom is -0.399 e. The van der Waals surface area contributed by atoms with E-state index in [2.05, 4.69) is 21.2 Å². The topological polar surface area (TPSA) is 55.1 Å². The van der Waals surface area contributed by atoms with E-state index in [-0.39, 0.29) is 5.91 Å². The van der Waals surface area contributed by atoms with Crippen molar-refractivity contribution < 1.29 is 4.79 Å². The van der Waals surface area contributed by atoms with Gasteiger partial charge in [-0.2, -0.15) is 0 Å². The number of nitrogens with two attached hydrogens (primary N) is 1. The molecule has 0 aliphatic rings. The number of amides is 1. The highest BCUT2D eigenvalue weighted by molar-refractivity contribution is 9.10. The molecule has 0 heterocycles. The highest BCUT2D eigenvalue weighted by Crippen LogP contribution is 2.26. The van der Waals surface area contributed by atoms with Crippen molar-refractivity contribution in [3.8, 4) is 0 Å². The normalized spacial score (nSPS) is 10.3. The van der Waals surface area contributed by atoms with E-state index in [1.165, 1.54) is 0 Å². The SMILES string of the molecule is Nc1ccc(Cl)c(NC(=O)c2ccc(Br)cc2Cl)c1. The molecule has 0 saturated heterocycles. The molecule has 0 aliphatic carbocycles. The lowest BCUT2D eigenvalue weighted by Gasteiger charge is -2.09. The number of hydrogen-bond donors (Lipinski definition) is 2. The molecule has 0 bridgehead atoms. The van der Waals surface area contributed by atoms with Crippen LogP contribution in [-0.4, -0.2) is 5.91 Å². The van der Waals surface area contributed by atoms with Crippen LogP contribution in [0.25, 0.3) is 0 Å². The van der Waals surface area contributed by atoms with Crippen molar-refractivity contribution in [3.63, 3.8) is 0 Å². The number of carbonyl (C=O) groups is 1. The van der Waals surface area contributed by atoms with Crippen molar-refractivity contribution in [3.05, 3.63) is 56.5 Å². The van der Waals surface area contributed by atoms with Crippen molar-refractivity contribution in [2.45, 2.75) is 0 Å². The molecular weight excluding hydrogens is 351 g/mol. The van der Waals surface area contributed by atoms with E-state index in [1.54, 1.807) is 36.4 Å². The zero-order valence-electron chi connectivity index (χ0n) is 9.58. The van der Waals surface area contributed by atoms with Crippen molar-refractivity contribution in [1.82, 2.24) is 0 Å². The molecule has 0 aliphatic heterocycles. The van der Waals surface area contributed by atoms with E-state index in [0.717, 1.165) is 4.47 Å². The summed E-state index contributed by atoms with van der Waals surface area (Å²) >= 11 is 15.3. The molecule has 0 aromatic heterocycles. The van der Waals surface area contributed by atoms with Gasteiger partial charge in [0.05, 0.1) is 21.3 Å². The zero-order valence-corrected chi connectivity index (χ0v) is 12.7. The monoisotopic (exact) mass is 358 g/mol. The molecule has 0 atom stereocenters. The highest BCUT2D eigenvalue weighted by Gasteiger charge is 2.12. The van der Waals surface area contributed by atoms with Crippen molar-refractivity contribution in [1.29, 1.82) is 0 Å². The first-order chi connectivity index (χ1) is 8.97. The molecule has 1 amide bonds. The van der Waals surface area contributed by atoms with E-state index >= 15 is 0 Å². The lowest BCUT2D eigenvalue weighted by molar-refractivity contribution is 0.102. The number of nitrogen functional groups attached to an aromatic ring is 1. The average Bonchev–Trinajstić information content (AvgIpc) is 2.33. The summed E-state index contributed by atoms with van der Waals surface area (Å²) in [7, 11) is 0. The van der Waals surface area contributed by atoms with E-state index in [1.807, 2.05) is 0 Å². The first kappa shape index (κ1) is 14.2. The number of rotatable bonds is 2. The lowest BCUT2D eigenvalue weighted by atomic mass is 10.2. The van der Waals surface area contributed by atoms with Crippen LogP contribution in [0, 0.1) is 0 Å².